The number of amides is 1. The van der Waals surface area contributed by atoms with E-state index in [4.69, 9.17) is 0 Å². The van der Waals surface area contributed by atoms with Gasteiger partial charge in [0.2, 0.25) is 5.91 Å². The monoisotopic (exact) mass is 217 g/mol. The molecule has 0 aromatic heterocycles. The largest absolute Gasteiger partial charge is 1.00 e. The van der Waals surface area contributed by atoms with Crippen molar-refractivity contribution in [2.75, 3.05) is 0 Å². The number of rotatable bonds is 2. The van der Waals surface area contributed by atoms with E-state index in [1.54, 1.807) is 0 Å². The Labute approximate surface area is 109 Å². The molecule has 0 spiro atoms. The van der Waals surface area contributed by atoms with E-state index in [1.165, 1.54) is 0 Å². The van der Waals surface area contributed by atoms with Crippen molar-refractivity contribution in [1.82, 2.24) is 5.32 Å². The zero-order chi connectivity index (χ0) is 9.84. The maximum atomic E-state index is 11.5. The molecule has 4 heteroatoms. The minimum atomic E-state index is -0.0411. The molecule has 1 N–H and O–H groups in total. The standard InChI is InChI=1S/C10H13NOP.Na/c1-7-5-3-4-6-9(7)10(12)11-8(2)13;/h3-6,8,13H,1-2H3,(H,11,12);/q-1;+1. The van der Waals surface area contributed by atoms with Gasteiger partial charge in [0.05, 0.1) is 0 Å². The van der Waals surface area contributed by atoms with E-state index in [1.807, 2.05) is 38.1 Å². The molecule has 70 valence electrons. The summed E-state index contributed by atoms with van der Waals surface area (Å²) in [5.41, 5.74) is 1.72. The van der Waals surface area contributed by atoms with Gasteiger partial charge in [0.1, 0.15) is 0 Å². The van der Waals surface area contributed by atoms with Crippen LogP contribution in [0.1, 0.15) is 22.8 Å². The first kappa shape index (κ1) is 14.1. The van der Waals surface area contributed by atoms with Crippen molar-refractivity contribution in [2.24, 2.45) is 0 Å². The summed E-state index contributed by atoms with van der Waals surface area (Å²) in [7, 11) is 3.31. The molecular formula is C10H13NNaOP. The van der Waals surface area contributed by atoms with E-state index in [0.29, 0.717) is 0 Å². The fourth-order valence-electron chi connectivity index (χ4n) is 1.10. The van der Waals surface area contributed by atoms with Crippen LogP contribution >= 0.6 is 9.24 Å². The molecule has 1 amide bonds. The van der Waals surface area contributed by atoms with Gasteiger partial charge in [-0.15, -0.1) is 5.78 Å². The fourth-order valence-corrected chi connectivity index (χ4v) is 1.23. The average molecular weight is 217 g/mol. The Morgan fingerprint density at radius 3 is 2.50 bits per heavy atom. The van der Waals surface area contributed by atoms with Crippen molar-refractivity contribution in [3.8, 4) is 0 Å². The van der Waals surface area contributed by atoms with Crippen LogP contribution in [0.15, 0.2) is 24.3 Å². The molecule has 0 heterocycles. The van der Waals surface area contributed by atoms with Gasteiger partial charge < -0.3 is 14.6 Å². The molecule has 2 nitrogen and oxygen atoms in total. The van der Waals surface area contributed by atoms with Crippen LogP contribution in [0.3, 0.4) is 0 Å². The Kier molecular flexibility index (Phi) is 6.63. The van der Waals surface area contributed by atoms with Crippen LogP contribution in [0.25, 0.3) is 0 Å². The second-order valence-electron chi connectivity index (χ2n) is 3.01. The van der Waals surface area contributed by atoms with Crippen LogP contribution in [-0.4, -0.2) is 11.7 Å². The summed E-state index contributed by atoms with van der Waals surface area (Å²) in [5.74, 6) is -0.0484. The van der Waals surface area contributed by atoms with Gasteiger partial charge in [0.15, 0.2) is 0 Å². The normalized spacial score (nSPS) is 11.4. The molecule has 0 aliphatic heterocycles. The number of benzene rings is 1. The van der Waals surface area contributed by atoms with Crippen molar-refractivity contribution in [1.29, 1.82) is 0 Å². The molecule has 1 aromatic carbocycles. The topological polar surface area (TPSA) is 29.1 Å². The van der Waals surface area contributed by atoms with E-state index in [2.05, 4.69) is 14.6 Å². The second-order valence-corrected chi connectivity index (χ2v) is 3.88. The SMILES string of the molecule is Cc1ccccc1C(=O)NC(C)[PH-].[Na+]. The molecule has 0 saturated heterocycles. The predicted octanol–water partition coefficient (Wildman–Crippen LogP) is -0.782. The van der Waals surface area contributed by atoms with Crippen LogP contribution in [-0.2, 0) is 0 Å². The maximum absolute atomic E-state index is 11.5. The minimum absolute atomic E-state index is 0. The second kappa shape index (κ2) is 6.58. The first-order chi connectivity index (χ1) is 6.11. The van der Waals surface area contributed by atoms with E-state index in [9.17, 15) is 4.79 Å². The van der Waals surface area contributed by atoms with Crippen LogP contribution in [0.2, 0.25) is 0 Å². The molecule has 0 aliphatic rings. The van der Waals surface area contributed by atoms with Crippen LogP contribution in [0, 0.1) is 6.92 Å². The summed E-state index contributed by atoms with van der Waals surface area (Å²) >= 11 is 0. The van der Waals surface area contributed by atoms with Crippen molar-refractivity contribution in [2.45, 2.75) is 19.6 Å². The van der Waals surface area contributed by atoms with Crippen molar-refractivity contribution >= 4 is 15.1 Å². The number of carbonyl (C=O) groups is 1. The Hall–Kier alpha value is 0.120. The maximum Gasteiger partial charge on any atom is 1.00 e. The molecule has 0 bridgehead atoms. The number of nitrogens with one attached hydrogen (secondary N) is 1. The van der Waals surface area contributed by atoms with Gasteiger partial charge in [-0.3, -0.25) is 4.79 Å². The van der Waals surface area contributed by atoms with Gasteiger partial charge in [0, 0.05) is 5.56 Å². The molecule has 0 saturated carbocycles. The molecule has 1 aromatic rings. The van der Waals surface area contributed by atoms with E-state index in [-0.39, 0.29) is 41.2 Å². The summed E-state index contributed by atoms with van der Waals surface area (Å²) < 4.78 is 0. The van der Waals surface area contributed by atoms with Gasteiger partial charge in [-0.2, -0.15) is 0 Å². The van der Waals surface area contributed by atoms with E-state index in [0.717, 1.165) is 11.1 Å². The van der Waals surface area contributed by atoms with Crippen molar-refractivity contribution in [3.63, 3.8) is 0 Å². The molecular weight excluding hydrogens is 204 g/mol. The molecule has 1 unspecified atom stereocenters. The quantitative estimate of drug-likeness (QED) is 0.511. The van der Waals surface area contributed by atoms with E-state index >= 15 is 0 Å². The van der Waals surface area contributed by atoms with Crippen molar-refractivity contribution in [3.05, 3.63) is 35.4 Å². The summed E-state index contributed by atoms with van der Waals surface area (Å²) in [6.07, 6.45) is 0. The Morgan fingerprint density at radius 1 is 1.43 bits per heavy atom. The first-order valence-electron chi connectivity index (χ1n) is 4.19. The summed E-state index contributed by atoms with van der Waals surface area (Å²) in [4.78, 5) is 11.5. The van der Waals surface area contributed by atoms with E-state index < -0.39 is 0 Å². The Morgan fingerprint density at radius 2 is 2.00 bits per heavy atom. The summed E-state index contributed by atoms with van der Waals surface area (Å²) in [6, 6.07) is 7.52. The van der Waals surface area contributed by atoms with Crippen LogP contribution in [0.4, 0.5) is 0 Å². The first-order valence-corrected chi connectivity index (χ1v) is 4.76. The number of aryl methyl sites for hydroxylation is 1. The zero-order valence-electron chi connectivity index (χ0n) is 8.79. The number of carbonyl (C=O) groups excluding carboxylic acids is 1. The third-order valence-electron chi connectivity index (χ3n) is 1.74. The molecule has 0 radical (unpaired) electrons. The fraction of sp³-hybridized carbons (Fsp3) is 0.300. The smallest absolute Gasteiger partial charge is 0.534 e. The third-order valence-corrected chi connectivity index (χ3v) is 1.88. The van der Waals surface area contributed by atoms with Crippen LogP contribution < -0.4 is 34.9 Å². The Balaban J connectivity index is 0.00000169. The number of hydrogen-bond acceptors (Lipinski definition) is 1. The Bertz CT molecular complexity index is 315. The molecule has 1 rings (SSSR count). The number of hydrogen-bond donors (Lipinski definition) is 1. The molecule has 1 atom stereocenters. The predicted molar refractivity (Wildman–Crippen MR) is 56.4 cm³/mol. The van der Waals surface area contributed by atoms with Crippen LogP contribution in [0.5, 0.6) is 0 Å². The summed E-state index contributed by atoms with van der Waals surface area (Å²) in [5, 5.41) is 2.77. The van der Waals surface area contributed by atoms with Gasteiger partial charge >= 0.3 is 29.6 Å². The zero-order valence-corrected chi connectivity index (χ0v) is 11.8. The third kappa shape index (κ3) is 4.10. The van der Waals surface area contributed by atoms with Crippen molar-refractivity contribution < 1.29 is 34.4 Å². The molecule has 0 fully saturated rings. The van der Waals surface area contributed by atoms with Gasteiger partial charge in [0.25, 0.3) is 0 Å². The minimum Gasteiger partial charge on any atom is -0.534 e. The summed E-state index contributed by atoms with van der Waals surface area (Å²) in [6.45, 7) is 3.79. The molecule has 0 aliphatic carbocycles. The van der Waals surface area contributed by atoms with Gasteiger partial charge in [-0.25, -0.2) is 0 Å². The average Bonchev–Trinajstić information content (AvgIpc) is 2.03. The van der Waals surface area contributed by atoms with Gasteiger partial charge in [-0.05, 0) is 18.6 Å². The van der Waals surface area contributed by atoms with Gasteiger partial charge in [-0.1, -0.05) is 25.1 Å². The molecule has 14 heavy (non-hydrogen) atoms.